The fourth-order valence-corrected chi connectivity index (χ4v) is 4.68. The molecule has 1 N–H and O–H groups in total. The molecule has 9 heteroatoms. The standard InChI is InChI=1S/C29H25ClF3NO4/c1-18(28(36,29(31,32)33)22-14-21-8-3-4-9-26(21)34-16-22)24-11-10-23(15-25(24)30)38-17-20-7-5-6-19(12-20)13-27(35)37-2/h3-12,14-16,18,36H,13,17H2,1-2H3. The fraction of sp³-hybridized carbons (Fsp3) is 0.241. The summed E-state index contributed by atoms with van der Waals surface area (Å²) < 4.78 is 53.7. The van der Waals surface area contributed by atoms with Gasteiger partial charge in [0.25, 0.3) is 0 Å². The first-order valence-corrected chi connectivity index (χ1v) is 12.1. The van der Waals surface area contributed by atoms with Crippen LogP contribution in [0, 0.1) is 0 Å². The van der Waals surface area contributed by atoms with Gasteiger partial charge in [0.2, 0.25) is 0 Å². The van der Waals surface area contributed by atoms with E-state index in [0.717, 1.165) is 17.3 Å². The number of pyridine rings is 1. The Balaban J connectivity index is 1.58. The SMILES string of the molecule is COC(=O)Cc1cccc(COc2ccc(C(C)C(O)(c3cnc4ccccc4c3)C(F)(F)F)c(Cl)c2)c1. The number of carbonyl (C=O) groups is 1. The summed E-state index contributed by atoms with van der Waals surface area (Å²) >= 11 is 6.42. The van der Waals surface area contributed by atoms with Crippen molar-refractivity contribution in [3.63, 3.8) is 0 Å². The molecule has 0 aliphatic rings. The second-order valence-electron chi connectivity index (χ2n) is 8.95. The van der Waals surface area contributed by atoms with Crippen LogP contribution in [0.5, 0.6) is 5.75 Å². The highest BCUT2D eigenvalue weighted by Crippen LogP contribution is 2.50. The molecule has 5 nitrogen and oxygen atoms in total. The molecule has 0 saturated heterocycles. The van der Waals surface area contributed by atoms with Gasteiger partial charge < -0.3 is 14.6 Å². The Morgan fingerprint density at radius 2 is 1.76 bits per heavy atom. The maximum Gasteiger partial charge on any atom is 0.422 e. The number of nitrogens with zero attached hydrogens (tertiary/aromatic N) is 1. The summed E-state index contributed by atoms with van der Waals surface area (Å²) in [6.45, 7) is 1.42. The molecule has 4 aromatic rings. The number of alkyl halides is 3. The summed E-state index contributed by atoms with van der Waals surface area (Å²) in [5, 5.41) is 11.7. The molecule has 0 aliphatic heterocycles. The van der Waals surface area contributed by atoms with Crippen molar-refractivity contribution in [1.82, 2.24) is 4.98 Å². The van der Waals surface area contributed by atoms with E-state index in [0.29, 0.717) is 16.7 Å². The fourth-order valence-electron chi connectivity index (χ4n) is 4.35. The minimum absolute atomic E-state index is 0.0193. The molecule has 2 unspecified atom stereocenters. The summed E-state index contributed by atoms with van der Waals surface area (Å²) in [5.74, 6) is -1.48. The van der Waals surface area contributed by atoms with Crippen molar-refractivity contribution in [2.45, 2.75) is 37.6 Å². The number of benzene rings is 3. The third-order valence-corrected chi connectivity index (χ3v) is 6.83. The van der Waals surface area contributed by atoms with Crippen LogP contribution in [0.2, 0.25) is 5.02 Å². The normalized spacial score (nSPS) is 14.1. The van der Waals surface area contributed by atoms with Crippen molar-refractivity contribution in [2.75, 3.05) is 7.11 Å². The number of aliphatic hydroxyl groups is 1. The van der Waals surface area contributed by atoms with Crippen LogP contribution in [0.4, 0.5) is 13.2 Å². The molecule has 2 atom stereocenters. The lowest BCUT2D eigenvalue weighted by molar-refractivity contribution is -0.274. The Bertz CT molecular complexity index is 1460. The molecule has 4 rings (SSSR count). The lowest BCUT2D eigenvalue weighted by Crippen LogP contribution is -2.46. The number of aromatic nitrogens is 1. The summed E-state index contributed by atoms with van der Waals surface area (Å²) in [7, 11) is 1.32. The average Bonchev–Trinajstić information content (AvgIpc) is 2.90. The first-order valence-electron chi connectivity index (χ1n) is 11.7. The summed E-state index contributed by atoms with van der Waals surface area (Å²) in [4.78, 5) is 15.6. The minimum Gasteiger partial charge on any atom is -0.489 e. The molecule has 0 spiro atoms. The smallest absolute Gasteiger partial charge is 0.422 e. The van der Waals surface area contributed by atoms with E-state index in [9.17, 15) is 23.1 Å². The van der Waals surface area contributed by atoms with Gasteiger partial charge in [-0.1, -0.05) is 67.1 Å². The van der Waals surface area contributed by atoms with Crippen LogP contribution in [0.25, 0.3) is 10.9 Å². The summed E-state index contributed by atoms with van der Waals surface area (Å²) in [6.07, 6.45) is -3.84. The highest BCUT2D eigenvalue weighted by molar-refractivity contribution is 6.31. The number of methoxy groups -OCH3 is 1. The van der Waals surface area contributed by atoms with Gasteiger partial charge in [0.05, 0.1) is 19.0 Å². The van der Waals surface area contributed by atoms with E-state index in [1.54, 1.807) is 42.5 Å². The maximum absolute atomic E-state index is 14.4. The Morgan fingerprint density at radius 1 is 1.03 bits per heavy atom. The van der Waals surface area contributed by atoms with Gasteiger partial charge >= 0.3 is 12.1 Å². The van der Waals surface area contributed by atoms with Gasteiger partial charge in [-0.2, -0.15) is 13.2 Å². The minimum atomic E-state index is -5.01. The number of ether oxygens (including phenoxy) is 2. The van der Waals surface area contributed by atoms with Crippen LogP contribution in [0.3, 0.4) is 0 Å². The molecule has 3 aromatic carbocycles. The van der Waals surface area contributed by atoms with E-state index in [1.165, 1.54) is 38.3 Å². The monoisotopic (exact) mass is 543 g/mol. The molecule has 0 aliphatic carbocycles. The molecule has 1 heterocycles. The zero-order valence-corrected chi connectivity index (χ0v) is 21.4. The average molecular weight is 544 g/mol. The molecule has 198 valence electrons. The van der Waals surface area contributed by atoms with Gasteiger partial charge in [-0.05, 0) is 41.0 Å². The van der Waals surface area contributed by atoms with E-state index in [4.69, 9.17) is 16.3 Å². The molecule has 0 fully saturated rings. The molecule has 38 heavy (non-hydrogen) atoms. The van der Waals surface area contributed by atoms with Crippen molar-refractivity contribution in [3.8, 4) is 5.75 Å². The molecule has 0 saturated carbocycles. The van der Waals surface area contributed by atoms with Crippen LogP contribution in [-0.2, 0) is 28.2 Å². The molecular weight excluding hydrogens is 519 g/mol. The highest BCUT2D eigenvalue weighted by Gasteiger charge is 2.59. The van der Waals surface area contributed by atoms with E-state index >= 15 is 0 Å². The number of halogens is 4. The third-order valence-electron chi connectivity index (χ3n) is 6.50. The lowest BCUT2D eigenvalue weighted by atomic mass is 9.78. The van der Waals surface area contributed by atoms with Gasteiger partial charge in [-0.15, -0.1) is 0 Å². The number of fused-ring (bicyclic) bond motifs is 1. The lowest BCUT2D eigenvalue weighted by Gasteiger charge is -2.37. The molecular formula is C29H25ClF3NO4. The van der Waals surface area contributed by atoms with Crippen LogP contribution < -0.4 is 4.74 Å². The van der Waals surface area contributed by atoms with Gasteiger partial charge in [0.15, 0.2) is 5.60 Å². The molecule has 0 bridgehead atoms. The first-order chi connectivity index (χ1) is 18.0. The van der Waals surface area contributed by atoms with Crippen molar-refractivity contribution >= 4 is 28.5 Å². The van der Waals surface area contributed by atoms with E-state index < -0.39 is 17.7 Å². The number of para-hydroxylation sites is 1. The summed E-state index contributed by atoms with van der Waals surface area (Å²) in [5.41, 5.74) is -1.45. The zero-order chi connectivity index (χ0) is 27.5. The predicted molar refractivity (Wildman–Crippen MR) is 138 cm³/mol. The molecule has 1 aromatic heterocycles. The quantitative estimate of drug-likeness (QED) is 0.249. The number of hydrogen-bond donors (Lipinski definition) is 1. The van der Waals surface area contributed by atoms with E-state index in [2.05, 4.69) is 9.72 Å². The van der Waals surface area contributed by atoms with E-state index in [-0.39, 0.29) is 35.1 Å². The van der Waals surface area contributed by atoms with Gasteiger partial charge in [-0.25, -0.2) is 0 Å². The Labute approximate surface area is 222 Å². The molecule has 0 radical (unpaired) electrons. The number of hydrogen-bond acceptors (Lipinski definition) is 5. The largest absolute Gasteiger partial charge is 0.489 e. The number of carbonyl (C=O) groups excluding carboxylic acids is 1. The van der Waals surface area contributed by atoms with Gasteiger partial charge in [-0.3, -0.25) is 9.78 Å². The predicted octanol–water partition coefficient (Wildman–Crippen LogP) is 6.74. The van der Waals surface area contributed by atoms with Crippen molar-refractivity contribution in [3.05, 3.63) is 106 Å². The van der Waals surface area contributed by atoms with Crippen LogP contribution >= 0.6 is 11.6 Å². The van der Waals surface area contributed by atoms with Crippen LogP contribution in [0.15, 0.2) is 79.0 Å². The zero-order valence-electron chi connectivity index (χ0n) is 20.6. The number of esters is 1. The molecule has 0 amide bonds. The number of rotatable bonds is 8. The Morgan fingerprint density at radius 3 is 2.47 bits per heavy atom. The van der Waals surface area contributed by atoms with E-state index in [1.807, 2.05) is 6.07 Å². The van der Waals surface area contributed by atoms with Crippen LogP contribution in [-0.4, -0.2) is 29.3 Å². The topological polar surface area (TPSA) is 68.7 Å². The van der Waals surface area contributed by atoms with Gasteiger partial charge in [0, 0.05) is 28.1 Å². The van der Waals surface area contributed by atoms with Gasteiger partial charge in [0.1, 0.15) is 12.4 Å². The maximum atomic E-state index is 14.4. The van der Waals surface area contributed by atoms with Crippen LogP contribution in [0.1, 0.15) is 35.1 Å². The van der Waals surface area contributed by atoms with Crippen molar-refractivity contribution < 1.29 is 32.5 Å². The highest BCUT2D eigenvalue weighted by atomic mass is 35.5. The Kier molecular flexibility index (Phi) is 7.94. The third kappa shape index (κ3) is 5.61. The van der Waals surface area contributed by atoms with Crippen molar-refractivity contribution in [1.29, 1.82) is 0 Å². The second kappa shape index (κ2) is 11.0. The van der Waals surface area contributed by atoms with Crippen molar-refractivity contribution in [2.24, 2.45) is 0 Å². The Hall–Kier alpha value is -3.62. The summed E-state index contributed by atoms with van der Waals surface area (Å²) in [6, 6.07) is 19.6. The first kappa shape index (κ1) is 27.4. The second-order valence-corrected chi connectivity index (χ2v) is 9.35.